The number of rotatable bonds is 64. The molecule has 0 bridgehead atoms. The molecule has 1 unspecified atom stereocenters. The normalized spacial score (nSPS) is 13.4. The van der Waals surface area contributed by atoms with Gasteiger partial charge in [0.25, 0.3) is 0 Å². The van der Waals surface area contributed by atoms with Gasteiger partial charge in [0.1, 0.15) is 12.1 Å². The number of carboxylic acid groups (broad SMARTS) is 1. The van der Waals surface area contributed by atoms with Crippen LogP contribution in [0, 0.1) is 0 Å². The molecule has 0 fully saturated rings. The maximum Gasteiger partial charge on any atom is 0.472 e. The van der Waals surface area contributed by atoms with Gasteiger partial charge in [-0.1, -0.05) is 335 Å². The van der Waals surface area contributed by atoms with Crippen molar-refractivity contribution < 1.29 is 42.7 Å². The largest absolute Gasteiger partial charge is 0.480 e. The van der Waals surface area contributed by atoms with E-state index in [4.69, 9.17) is 29.4 Å². The summed E-state index contributed by atoms with van der Waals surface area (Å²) in [6, 6.07) is -1.47. The predicted molar refractivity (Wildman–Crippen MR) is 314 cm³/mol. The van der Waals surface area contributed by atoms with Crippen molar-refractivity contribution in [3.05, 3.63) is 0 Å². The molecule has 0 aromatic carbocycles. The van der Waals surface area contributed by atoms with Crippen LogP contribution in [-0.2, 0) is 32.7 Å². The number of hydrogen-bond acceptors (Lipinski definition) is 8. The van der Waals surface area contributed by atoms with Gasteiger partial charge in [-0.05, 0) is 12.8 Å². The van der Waals surface area contributed by atoms with Crippen LogP contribution in [0.5, 0.6) is 0 Å². The van der Waals surface area contributed by atoms with Crippen LogP contribution >= 0.6 is 7.82 Å². The molecule has 74 heavy (non-hydrogen) atoms. The number of carbonyl (C=O) groups excluding carboxylic acids is 1. The fraction of sp³-hybridized carbons (Fsp3) is 0.968. The number of unbranched alkanes of at least 4 members (excludes halogenated alkanes) is 50. The SMILES string of the molecule is CCCCCCCCCCCCCCCCCCCCCCCCCCCCCCCCCCCCCCC(=O)O[C@H](COCCCCCCCCCCCCCCCCCC)COP(=O)(O)OC[C@H](N)C(=O)O. The molecule has 0 aliphatic rings. The minimum absolute atomic E-state index is 0.0266. The van der Waals surface area contributed by atoms with Gasteiger partial charge in [-0.25, -0.2) is 4.57 Å². The number of carbonyl (C=O) groups is 2. The van der Waals surface area contributed by atoms with Gasteiger partial charge in [-0.15, -0.1) is 0 Å². The van der Waals surface area contributed by atoms with Crippen LogP contribution in [0.3, 0.4) is 0 Å². The zero-order chi connectivity index (χ0) is 53.9. The van der Waals surface area contributed by atoms with E-state index in [2.05, 4.69) is 13.8 Å². The number of phosphoric ester groups is 1. The van der Waals surface area contributed by atoms with Crippen molar-refractivity contribution in [2.45, 2.75) is 366 Å². The van der Waals surface area contributed by atoms with E-state index in [-0.39, 0.29) is 13.0 Å². The quantitative estimate of drug-likeness (QED) is 0.0305. The van der Waals surface area contributed by atoms with Gasteiger partial charge in [0, 0.05) is 13.0 Å². The lowest BCUT2D eigenvalue weighted by Crippen LogP contribution is -2.34. The van der Waals surface area contributed by atoms with Crippen molar-refractivity contribution in [1.82, 2.24) is 0 Å². The first-order valence-electron chi connectivity index (χ1n) is 32.6. The average molecular weight is 1070 g/mol. The summed E-state index contributed by atoms with van der Waals surface area (Å²) in [4.78, 5) is 33.8. The minimum Gasteiger partial charge on any atom is -0.480 e. The molecule has 0 aromatic rings. The fourth-order valence-corrected chi connectivity index (χ4v) is 10.9. The van der Waals surface area contributed by atoms with Gasteiger partial charge in [-0.3, -0.25) is 18.6 Å². The van der Waals surface area contributed by atoms with E-state index in [9.17, 15) is 19.0 Å². The molecule has 0 heterocycles. The summed E-state index contributed by atoms with van der Waals surface area (Å²) in [5.74, 6) is -1.76. The third kappa shape index (κ3) is 58.6. The van der Waals surface area contributed by atoms with Crippen molar-refractivity contribution in [1.29, 1.82) is 0 Å². The lowest BCUT2D eigenvalue weighted by molar-refractivity contribution is -0.154. The lowest BCUT2D eigenvalue weighted by atomic mass is 10.0. The van der Waals surface area contributed by atoms with E-state index < -0.39 is 45.1 Å². The zero-order valence-electron chi connectivity index (χ0n) is 49.2. The van der Waals surface area contributed by atoms with Crippen LogP contribution in [0.2, 0.25) is 0 Å². The molecular formula is C63H126NO9P. The van der Waals surface area contributed by atoms with Crippen molar-refractivity contribution in [3.8, 4) is 0 Å². The second kappa shape index (κ2) is 59.6. The Labute approximate surface area is 459 Å². The number of phosphoric acid groups is 1. The van der Waals surface area contributed by atoms with Crippen molar-refractivity contribution >= 4 is 19.8 Å². The Morgan fingerprint density at radius 2 is 0.622 bits per heavy atom. The highest BCUT2D eigenvalue weighted by molar-refractivity contribution is 7.47. The van der Waals surface area contributed by atoms with Crippen molar-refractivity contribution in [2.75, 3.05) is 26.4 Å². The van der Waals surface area contributed by atoms with Crippen molar-refractivity contribution in [2.24, 2.45) is 5.73 Å². The van der Waals surface area contributed by atoms with Crippen molar-refractivity contribution in [3.63, 3.8) is 0 Å². The summed E-state index contributed by atoms with van der Waals surface area (Å²) in [6.45, 7) is 3.98. The van der Waals surface area contributed by atoms with Gasteiger partial charge in [0.15, 0.2) is 0 Å². The summed E-state index contributed by atoms with van der Waals surface area (Å²) < 4.78 is 33.6. The van der Waals surface area contributed by atoms with E-state index in [1.165, 1.54) is 295 Å². The number of hydrogen-bond donors (Lipinski definition) is 3. The maximum atomic E-state index is 12.8. The van der Waals surface area contributed by atoms with Crippen LogP contribution in [0.25, 0.3) is 0 Å². The smallest absolute Gasteiger partial charge is 0.472 e. The topological polar surface area (TPSA) is 155 Å². The molecule has 4 N–H and O–H groups in total. The van der Waals surface area contributed by atoms with Gasteiger partial charge < -0.3 is 25.2 Å². The van der Waals surface area contributed by atoms with Crippen LogP contribution in [0.1, 0.15) is 354 Å². The Bertz CT molecular complexity index is 1190. The first-order chi connectivity index (χ1) is 36.2. The second-order valence-corrected chi connectivity index (χ2v) is 24.1. The van der Waals surface area contributed by atoms with Gasteiger partial charge in [0.05, 0.1) is 19.8 Å². The number of aliphatic carboxylic acids is 1. The Balaban J connectivity index is 3.81. The van der Waals surface area contributed by atoms with Crippen LogP contribution in [0.4, 0.5) is 0 Å². The van der Waals surface area contributed by atoms with Gasteiger partial charge in [-0.2, -0.15) is 0 Å². The third-order valence-corrected chi connectivity index (χ3v) is 16.1. The van der Waals surface area contributed by atoms with E-state index >= 15 is 0 Å². The molecule has 0 spiro atoms. The molecule has 11 heteroatoms. The van der Waals surface area contributed by atoms with Gasteiger partial charge in [0.2, 0.25) is 0 Å². The molecule has 442 valence electrons. The molecule has 0 saturated heterocycles. The third-order valence-electron chi connectivity index (χ3n) is 15.1. The monoisotopic (exact) mass is 1070 g/mol. The number of esters is 1. The molecule has 0 rings (SSSR count). The summed E-state index contributed by atoms with van der Waals surface area (Å²) >= 11 is 0. The number of carboxylic acids is 1. The molecule has 0 saturated carbocycles. The number of nitrogens with two attached hydrogens (primary N) is 1. The Hall–Kier alpha value is -1.03. The highest BCUT2D eigenvalue weighted by Gasteiger charge is 2.27. The average Bonchev–Trinajstić information content (AvgIpc) is 3.38. The first-order valence-corrected chi connectivity index (χ1v) is 34.1. The highest BCUT2D eigenvalue weighted by Crippen LogP contribution is 2.43. The maximum absolute atomic E-state index is 12.8. The summed E-state index contributed by atoms with van der Waals surface area (Å²) in [5, 5.41) is 8.96. The first kappa shape index (κ1) is 73.0. The van der Waals surface area contributed by atoms with Crippen LogP contribution in [-0.4, -0.2) is 60.5 Å². The molecule has 3 atom stereocenters. The minimum atomic E-state index is -4.62. The fourth-order valence-electron chi connectivity index (χ4n) is 10.1. The molecule has 0 aliphatic carbocycles. The Morgan fingerprint density at radius 3 is 0.892 bits per heavy atom. The molecule has 0 aromatic heterocycles. The van der Waals surface area contributed by atoms with Crippen LogP contribution < -0.4 is 5.73 Å². The predicted octanol–water partition coefficient (Wildman–Crippen LogP) is 20.2. The number of ether oxygens (including phenoxy) is 2. The van der Waals surface area contributed by atoms with E-state index in [0.717, 1.165) is 38.5 Å². The molecule has 0 radical (unpaired) electrons. The Morgan fingerprint density at radius 1 is 0.378 bits per heavy atom. The molecular weight excluding hydrogens is 946 g/mol. The zero-order valence-corrected chi connectivity index (χ0v) is 50.1. The van der Waals surface area contributed by atoms with E-state index in [0.29, 0.717) is 6.61 Å². The van der Waals surface area contributed by atoms with E-state index in [1.807, 2.05) is 0 Å². The van der Waals surface area contributed by atoms with E-state index in [1.54, 1.807) is 0 Å². The highest BCUT2D eigenvalue weighted by atomic mass is 31.2. The summed E-state index contributed by atoms with van der Waals surface area (Å²) in [7, 11) is -4.62. The molecule has 0 amide bonds. The summed E-state index contributed by atoms with van der Waals surface area (Å²) in [6.07, 6.45) is 69.4. The molecule has 0 aliphatic heterocycles. The van der Waals surface area contributed by atoms with Crippen LogP contribution in [0.15, 0.2) is 0 Å². The summed E-state index contributed by atoms with van der Waals surface area (Å²) in [5.41, 5.74) is 5.39. The Kier molecular flexibility index (Phi) is 58.8. The van der Waals surface area contributed by atoms with Gasteiger partial charge >= 0.3 is 19.8 Å². The lowest BCUT2D eigenvalue weighted by Gasteiger charge is -2.20. The second-order valence-electron chi connectivity index (χ2n) is 22.6. The molecule has 10 nitrogen and oxygen atoms in total. The standard InChI is InChI=1S/C63H126NO9P/c1-3-5-7-9-11-13-15-17-19-21-22-23-24-25-26-27-28-29-30-31-32-33-34-35-36-37-38-39-40-41-43-45-47-49-51-53-55-62(65)73-60(58-71-74(68,69)72-59-61(64)63(66)67)57-70-56-54-52-50-48-46-44-42-20-18-16-14-12-10-8-6-4-2/h60-61H,3-59,64H2,1-2H3,(H,66,67)(H,68,69)/t60-,61+/m1/s1.